The van der Waals surface area contributed by atoms with Gasteiger partial charge >= 0.3 is 39.5 Å². The van der Waals surface area contributed by atoms with Crippen LogP contribution in [-0.2, 0) is 11.1 Å². The minimum absolute atomic E-state index is 1.06. The van der Waals surface area contributed by atoms with Crippen molar-refractivity contribution in [3.05, 3.63) is 61.2 Å². The van der Waals surface area contributed by atoms with E-state index in [9.17, 15) is 0 Å². The van der Waals surface area contributed by atoms with E-state index in [1.165, 1.54) is 0 Å². The fraction of sp³-hybridized carbons (Fsp3) is 0. The standard InChI is InChI=1S/2C5H5N.2BrH.Co/c2*1-2-4-6-5-3-1;;;/h2*1-5H;2*1H;/q;;;;+2/p-2. The molecule has 2 heterocycles. The molecule has 2 nitrogen and oxygen atoms in total. The fourth-order valence-corrected chi connectivity index (χ4v) is 0.625. The van der Waals surface area contributed by atoms with Gasteiger partial charge in [0.2, 0.25) is 0 Å². The van der Waals surface area contributed by atoms with E-state index in [0.717, 1.165) is 11.1 Å². The molecule has 2 rings (SSSR count). The van der Waals surface area contributed by atoms with Gasteiger partial charge < -0.3 is 0 Å². The van der Waals surface area contributed by atoms with E-state index >= 15 is 0 Å². The number of pyridine rings is 2. The molecule has 0 saturated heterocycles. The molecule has 0 spiro atoms. The predicted molar refractivity (Wildman–Crippen MR) is 66.3 cm³/mol. The molecule has 0 aliphatic heterocycles. The third-order valence-electron chi connectivity index (χ3n) is 1.13. The number of hydrogen-bond donors (Lipinski definition) is 0. The molecule has 0 aliphatic carbocycles. The van der Waals surface area contributed by atoms with Crippen molar-refractivity contribution in [3.8, 4) is 0 Å². The maximum atomic E-state index is 3.78. The van der Waals surface area contributed by atoms with E-state index in [2.05, 4.69) is 38.3 Å². The Bertz CT molecular complexity index is 210. The van der Waals surface area contributed by atoms with Crippen LogP contribution in [0.4, 0.5) is 0 Å². The quantitative estimate of drug-likeness (QED) is 0.697. The summed E-state index contributed by atoms with van der Waals surface area (Å²) in [5.74, 6) is 0. The minimum atomic E-state index is 1.06. The summed E-state index contributed by atoms with van der Waals surface area (Å²) in [5, 5.41) is 0. The Hall–Kier alpha value is -0.234. The van der Waals surface area contributed by atoms with Crippen LogP contribution in [0.3, 0.4) is 0 Å². The van der Waals surface area contributed by atoms with Crippen LogP contribution >= 0.6 is 28.3 Å². The zero-order valence-corrected chi connectivity index (χ0v) is 12.0. The molecule has 0 aliphatic rings. The topological polar surface area (TPSA) is 25.8 Å². The van der Waals surface area contributed by atoms with Crippen LogP contribution in [0.2, 0.25) is 0 Å². The molecule has 2 aromatic heterocycles. The number of nitrogens with zero attached hydrogens (tertiary/aromatic N) is 2. The van der Waals surface area contributed by atoms with E-state index in [0.29, 0.717) is 0 Å². The first-order chi connectivity index (χ1) is 7.41. The molecule has 0 atom stereocenters. The largest absolute Gasteiger partial charge is 0.265 e. The second-order valence-electron chi connectivity index (χ2n) is 2.10. The molecule has 0 radical (unpaired) electrons. The van der Waals surface area contributed by atoms with Gasteiger partial charge in [-0.3, -0.25) is 9.97 Å². The summed E-state index contributed by atoms with van der Waals surface area (Å²) >= 11 is 7.12. The Morgan fingerprint density at radius 1 is 0.600 bits per heavy atom. The number of rotatable bonds is 0. The van der Waals surface area contributed by atoms with Crippen LogP contribution in [0.25, 0.3) is 0 Å². The summed E-state index contributed by atoms with van der Waals surface area (Å²) in [7, 11) is 0. The molecule has 0 aromatic carbocycles. The van der Waals surface area contributed by atoms with Gasteiger partial charge in [-0.2, -0.15) is 0 Å². The molecule has 2 aromatic rings. The smallest absolute Gasteiger partial charge is 0.0267 e. The average molecular weight is 377 g/mol. The zero-order chi connectivity index (χ0) is 11.2. The first-order valence-corrected chi connectivity index (χ1v) is 9.10. The molecule has 0 N–H and O–H groups in total. The van der Waals surface area contributed by atoms with Crippen LogP contribution in [0.1, 0.15) is 0 Å². The van der Waals surface area contributed by atoms with Crippen molar-refractivity contribution in [2.24, 2.45) is 0 Å². The Kier molecular flexibility index (Phi) is 13.6. The number of hydrogen-bond acceptors (Lipinski definition) is 2. The molecule has 0 saturated carbocycles. The van der Waals surface area contributed by atoms with Crippen molar-refractivity contribution in [2.75, 3.05) is 0 Å². The van der Waals surface area contributed by atoms with Gasteiger partial charge in [0.15, 0.2) is 0 Å². The van der Waals surface area contributed by atoms with Crippen LogP contribution in [-0.4, -0.2) is 9.97 Å². The van der Waals surface area contributed by atoms with Crippen LogP contribution in [0.5, 0.6) is 0 Å². The van der Waals surface area contributed by atoms with E-state index in [4.69, 9.17) is 0 Å². The van der Waals surface area contributed by atoms with Crippen molar-refractivity contribution < 1.29 is 11.1 Å². The molecule has 0 amide bonds. The first kappa shape index (κ1) is 14.8. The Morgan fingerprint density at radius 3 is 0.933 bits per heavy atom. The van der Waals surface area contributed by atoms with Gasteiger partial charge in [0.1, 0.15) is 0 Å². The first-order valence-electron chi connectivity index (χ1n) is 3.95. The van der Waals surface area contributed by atoms with Crippen molar-refractivity contribution in [1.82, 2.24) is 9.97 Å². The van der Waals surface area contributed by atoms with Crippen LogP contribution in [0.15, 0.2) is 61.2 Å². The summed E-state index contributed by atoms with van der Waals surface area (Å²) in [6.45, 7) is 0. The van der Waals surface area contributed by atoms with Gasteiger partial charge in [0.25, 0.3) is 0 Å². The van der Waals surface area contributed by atoms with Gasteiger partial charge in [0, 0.05) is 24.8 Å². The van der Waals surface area contributed by atoms with Gasteiger partial charge in [-0.1, -0.05) is 12.1 Å². The Labute approximate surface area is 110 Å². The molecule has 0 bridgehead atoms. The Morgan fingerprint density at radius 2 is 0.867 bits per heavy atom. The maximum Gasteiger partial charge on any atom is 0.0267 e. The van der Waals surface area contributed by atoms with E-state index in [-0.39, 0.29) is 0 Å². The average Bonchev–Trinajstić information content (AvgIpc) is 2.35. The molecule has 0 unspecified atom stereocenters. The van der Waals surface area contributed by atoms with Gasteiger partial charge in [-0.25, -0.2) is 0 Å². The molecular formula is C10H10Br2CoN2. The van der Waals surface area contributed by atoms with Crippen LogP contribution < -0.4 is 0 Å². The maximum absolute atomic E-state index is 3.78. The van der Waals surface area contributed by atoms with E-state index in [1.54, 1.807) is 24.8 Å². The zero-order valence-electron chi connectivity index (χ0n) is 7.76. The molecule has 0 fully saturated rings. The molecule has 83 valence electrons. The van der Waals surface area contributed by atoms with E-state index < -0.39 is 0 Å². The van der Waals surface area contributed by atoms with Crippen molar-refractivity contribution in [2.45, 2.75) is 0 Å². The number of aromatic nitrogens is 2. The summed E-state index contributed by atoms with van der Waals surface area (Å²) in [4.78, 5) is 7.57. The third kappa shape index (κ3) is 13.8. The second-order valence-corrected chi connectivity index (χ2v) is 7.35. The molecule has 15 heavy (non-hydrogen) atoms. The third-order valence-corrected chi connectivity index (χ3v) is 1.13. The Balaban J connectivity index is 0.000000210. The normalized spacial score (nSPS) is 7.87. The van der Waals surface area contributed by atoms with Crippen molar-refractivity contribution >= 4 is 28.3 Å². The van der Waals surface area contributed by atoms with Crippen LogP contribution in [0, 0.1) is 0 Å². The number of halogens is 2. The van der Waals surface area contributed by atoms with Crippen molar-refractivity contribution in [1.29, 1.82) is 0 Å². The molecule has 5 heteroatoms. The summed E-state index contributed by atoms with van der Waals surface area (Å²) in [6, 6.07) is 11.4. The summed E-state index contributed by atoms with van der Waals surface area (Å²) < 4.78 is 0. The second kappa shape index (κ2) is 13.8. The summed E-state index contributed by atoms with van der Waals surface area (Å²) in [5.41, 5.74) is 0. The fourth-order valence-electron chi connectivity index (χ4n) is 0.625. The minimum Gasteiger partial charge on any atom is -0.265 e. The summed E-state index contributed by atoms with van der Waals surface area (Å²) in [6.07, 6.45) is 7.00. The van der Waals surface area contributed by atoms with Crippen molar-refractivity contribution in [3.63, 3.8) is 0 Å². The van der Waals surface area contributed by atoms with E-state index in [1.807, 2.05) is 36.4 Å². The van der Waals surface area contributed by atoms with Gasteiger partial charge in [-0.15, -0.1) is 0 Å². The predicted octanol–water partition coefficient (Wildman–Crippen LogP) is 3.85. The van der Waals surface area contributed by atoms with Gasteiger partial charge in [0.05, 0.1) is 0 Å². The molecular weight excluding hydrogens is 367 g/mol. The van der Waals surface area contributed by atoms with Gasteiger partial charge in [-0.05, 0) is 24.3 Å². The monoisotopic (exact) mass is 375 g/mol. The SMILES string of the molecule is [Br][Co][Br].c1ccncc1.c1ccncc1.